The Bertz CT molecular complexity index is 711. The highest BCUT2D eigenvalue weighted by Crippen LogP contribution is 2.24. The fourth-order valence-electron chi connectivity index (χ4n) is 1.85. The van der Waals surface area contributed by atoms with Crippen molar-refractivity contribution in [3.8, 4) is 0 Å². The number of aromatic nitrogens is 1. The number of benzene rings is 1. The van der Waals surface area contributed by atoms with Gasteiger partial charge in [-0.05, 0) is 39.7 Å². The van der Waals surface area contributed by atoms with Gasteiger partial charge >= 0.3 is 0 Å². The van der Waals surface area contributed by atoms with Crippen LogP contribution in [-0.2, 0) is 18.3 Å². The Labute approximate surface area is 145 Å². The van der Waals surface area contributed by atoms with Gasteiger partial charge in [-0.15, -0.1) is 0 Å². The van der Waals surface area contributed by atoms with Gasteiger partial charge in [-0.25, -0.2) is 0 Å². The summed E-state index contributed by atoms with van der Waals surface area (Å²) in [4.78, 5) is 23.8. The second-order valence-electron chi connectivity index (χ2n) is 4.53. The van der Waals surface area contributed by atoms with E-state index in [0.717, 1.165) is 4.47 Å². The molecule has 0 fully saturated rings. The number of rotatable bonds is 3. The minimum absolute atomic E-state index is 0.0321. The number of carbonyl (C=O) groups is 2. The van der Waals surface area contributed by atoms with Gasteiger partial charge in [0.2, 0.25) is 5.91 Å². The van der Waals surface area contributed by atoms with E-state index < -0.39 is 11.8 Å². The van der Waals surface area contributed by atoms with E-state index >= 15 is 0 Å². The largest absolute Gasteiger partial charge is 0.345 e. The van der Waals surface area contributed by atoms with Gasteiger partial charge < -0.3 is 4.57 Å². The highest BCUT2D eigenvalue weighted by atomic mass is 79.9. The number of hydrogen-bond acceptors (Lipinski definition) is 2. The van der Waals surface area contributed by atoms with Crippen LogP contribution < -0.4 is 10.9 Å². The van der Waals surface area contributed by atoms with Gasteiger partial charge in [0.1, 0.15) is 5.69 Å². The lowest BCUT2D eigenvalue weighted by molar-refractivity contribution is -0.121. The second kappa shape index (κ2) is 7.17. The van der Waals surface area contributed by atoms with Crippen LogP contribution in [-0.4, -0.2) is 16.4 Å². The fraction of sp³-hybridized carbons (Fsp3) is 0.143. The quantitative estimate of drug-likeness (QED) is 0.772. The molecule has 0 saturated carbocycles. The molecule has 116 valence electrons. The van der Waals surface area contributed by atoms with Gasteiger partial charge in [0, 0.05) is 27.8 Å². The lowest BCUT2D eigenvalue weighted by Gasteiger charge is -2.09. The van der Waals surface area contributed by atoms with Crippen LogP contribution in [0, 0.1) is 0 Å². The van der Waals surface area contributed by atoms with Crippen molar-refractivity contribution in [2.24, 2.45) is 7.05 Å². The summed E-state index contributed by atoms with van der Waals surface area (Å²) in [7, 11) is 1.73. The summed E-state index contributed by atoms with van der Waals surface area (Å²) in [5, 5.41) is 0.806. The Hall–Kier alpha value is -1.50. The van der Waals surface area contributed by atoms with Gasteiger partial charge in [-0.2, -0.15) is 0 Å². The molecule has 1 aromatic carbocycles. The maximum absolute atomic E-state index is 11.9. The van der Waals surface area contributed by atoms with E-state index in [1.807, 2.05) is 0 Å². The number of nitrogens with zero attached hydrogens (tertiary/aromatic N) is 1. The highest BCUT2D eigenvalue weighted by molar-refractivity contribution is 9.10. The molecule has 1 aromatic heterocycles. The molecule has 2 rings (SSSR count). The molecular formula is C14H12BrCl2N3O2. The first-order chi connectivity index (χ1) is 10.4. The predicted molar refractivity (Wildman–Crippen MR) is 88.9 cm³/mol. The summed E-state index contributed by atoms with van der Waals surface area (Å²) in [6.45, 7) is 0. The zero-order chi connectivity index (χ0) is 16.3. The van der Waals surface area contributed by atoms with Gasteiger partial charge in [-0.1, -0.05) is 29.3 Å². The first-order valence-corrected chi connectivity index (χ1v) is 7.77. The molecule has 8 heteroatoms. The number of aryl methyl sites for hydroxylation is 1. The van der Waals surface area contributed by atoms with E-state index in [4.69, 9.17) is 23.2 Å². The summed E-state index contributed by atoms with van der Waals surface area (Å²) < 4.78 is 2.41. The van der Waals surface area contributed by atoms with Crippen LogP contribution in [0.1, 0.15) is 16.1 Å². The standard InChI is InChI=1S/C14H12BrCl2N3O2/c1-20-7-8(15)5-12(20)14(22)19-18-13(21)6-9-10(16)3-2-4-11(9)17/h2-5,7H,6H2,1H3,(H,18,21)(H,19,22). The molecule has 0 bridgehead atoms. The van der Waals surface area contributed by atoms with Crippen molar-refractivity contribution in [2.45, 2.75) is 6.42 Å². The Morgan fingerprint density at radius 2 is 1.86 bits per heavy atom. The maximum Gasteiger partial charge on any atom is 0.286 e. The predicted octanol–water partition coefficient (Wildman–Crippen LogP) is 3.10. The molecule has 0 radical (unpaired) electrons. The van der Waals surface area contributed by atoms with Crippen LogP contribution in [0.25, 0.3) is 0 Å². The van der Waals surface area contributed by atoms with Crippen LogP contribution in [0.15, 0.2) is 34.9 Å². The van der Waals surface area contributed by atoms with Crippen molar-refractivity contribution >= 4 is 50.9 Å². The molecule has 0 aliphatic carbocycles. The summed E-state index contributed by atoms with van der Waals surface area (Å²) in [6.07, 6.45) is 1.70. The molecule has 1 heterocycles. The molecule has 2 amide bonds. The van der Waals surface area contributed by atoms with E-state index in [9.17, 15) is 9.59 Å². The van der Waals surface area contributed by atoms with Gasteiger partial charge in [0.15, 0.2) is 0 Å². The van der Waals surface area contributed by atoms with Crippen molar-refractivity contribution in [2.75, 3.05) is 0 Å². The Morgan fingerprint density at radius 1 is 1.23 bits per heavy atom. The van der Waals surface area contributed by atoms with Crippen molar-refractivity contribution < 1.29 is 9.59 Å². The molecule has 0 aliphatic rings. The molecule has 0 saturated heterocycles. The van der Waals surface area contributed by atoms with E-state index in [0.29, 0.717) is 21.3 Å². The summed E-state index contributed by atoms with van der Waals surface area (Å²) in [6, 6.07) is 6.64. The summed E-state index contributed by atoms with van der Waals surface area (Å²) in [5.41, 5.74) is 5.60. The average Bonchev–Trinajstić information content (AvgIpc) is 2.79. The van der Waals surface area contributed by atoms with Crippen molar-refractivity contribution in [3.05, 3.63) is 56.2 Å². The molecule has 2 aromatic rings. The number of hydrazine groups is 1. The molecule has 0 aliphatic heterocycles. The SMILES string of the molecule is Cn1cc(Br)cc1C(=O)NNC(=O)Cc1c(Cl)cccc1Cl. The van der Waals surface area contributed by atoms with Crippen molar-refractivity contribution in [1.82, 2.24) is 15.4 Å². The van der Waals surface area contributed by atoms with E-state index in [1.54, 1.807) is 42.1 Å². The number of hydrogen-bond donors (Lipinski definition) is 2. The molecule has 0 unspecified atom stereocenters. The first kappa shape index (κ1) is 16.9. The number of halogens is 3. The molecule has 5 nitrogen and oxygen atoms in total. The number of amides is 2. The Kier molecular flexibility index (Phi) is 5.50. The Balaban J connectivity index is 1.96. The average molecular weight is 405 g/mol. The second-order valence-corrected chi connectivity index (χ2v) is 6.26. The van der Waals surface area contributed by atoms with Gasteiger partial charge in [-0.3, -0.25) is 20.4 Å². The molecule has 0 spiro atoms. The summed E-state index contributed by atoms with van der Waals surface area (Å²) in [5.74, 6) is -0.844. The normalized spacial score (nSPS) is 10.4. The third-order valence-corrected chi connectivity index (χ3v) is 4.06. The van der Waals surface area contributed by atoms with E-state index in [2.05, 4.69) is 26.8 Å². The van der Waals surface area contributed by atoms with Crippen molar-refractivity contribution in [1.29, 1.82) is 0 Å². The molecular weight excluding hydrogens is 393 g/mol. The zero-order valence-electron chi connectivity index (χ0n) is 11.5. The monoisotopic (exact) mass is 403 g/mol. The van der Waals surface area contributed by atoms with Crippen molar-refractivity contribution in [3.63, 3.8) is 0 Å². The minimum Gasteiger partial charge on any atom is -0.345 e. The Morgan fingerprint density at radius 3 is 2.41 bits per heavy atom. The van der Waals surface area contributed by atoms with E-state index in [-0.39, 0.29) is 6.42 Å². The molecule has 0 atom stereocenters. The number of nitrogens with one attached hydrogen (secondary N) is 2. The minimum atomic E-state index is -0.424. The van der Waals surface area contributed by atoms with Crippen LogP contribution >= 0.6 is 39.1 Å². The highest BCUT2D eigenvalue weighted by Gasteiger charge is 2.14. The van der Waals surface area contributed by atoms with Crippen LogP contribution in [0.4, 0.5) is 0 Å². The fourth-order valence-corrected chi connectivity index (χ4v) is 2.90. The lowest BCUT2D eigenvalue weighted by atomic mass is 10.1. The van der Waals surface area contributed by atoms with E-state index in [1.165, 1.54) is 0 Å². The van der Waals surface area contributed by atoms with Gasteiger partial charge in [0.05, 0.1) is 6.42 Å². The maximum atomic E-state index is 11.9. The number of carbonyl (C=O) groups excluding carboxylic acids is 2. The van der Waals surface area contributed by atoms with Crippen LogP contribution in [0.2, 0.25) is 10.0 Å². The lowest BCUT2D eigenvalue weighted by Crippen LogP contribution is -2.43. The smallest absolute Gasteiger partial charge is 0.286 e. The van der Waals surface area contributed by atoms with Crippen LogP contribution in [0.5, 0.6) is 0 Å². The zero-order valence-corrected chi connectivity index (χ0v) is 14.6. The third-order valence-electron chi connectivity index (χ3n) is 2.92. The molecule has 2 N–H and O–H groups in total. The molecule has 22 heavy (non-hydrogen) atoms. The first-order valence-electron chi connectivity index (χ1n) is 6.22. The third kappa shape index (κ3) is 4.03. The topological polar surface area (TPSA) is 63.1 Å². The van der Waals surface area contributed by atoms with Crippen LogP contribution in [0.3, 0.4) is 0 Å². The summed E-state index contributed by atoms with van der Waals surface area (Å²) >= 11 is 15.3. The van der Waals surface area contributed by atoms with Gasteiger partial charge in [0.25, 0.3) is 5.91 Å².